The Balaban J connectivity index is 2.13. The van der Waals surface area contributed by atoms with Gasteiger partial charge in [0.15, 0.2) is 0 Å². The minimum Gasteiger partial charge on any atom is -0.388 e. The molecule has 0 spiro atoms. The number of carbonyl (C=O) groups excluding carboxylic acids is 1. The highest BCUT2D eigenvalue weighted by Crippen LogP contribution is 2.14. The van der Waals surface area contributed by atoms with E-state index in [1.807, 2.05) is 36.0 Å². The molecule has 0 radical (unpaired) electrons. The van der Waals surface area contributed by atoms with Crippen LogP contribution in [0.1, 0.15) is 5.56 Å². The summed E-state index contributed by atoms with van der Waals surface area (Å²) < 4.78 is 26.0. The number of carbonyl (C=O) groups is 1. The second-order valence-corrected chi connectivity index (χ2v) is 5.42. The summed E-state index contributed by atoms with van der Waals surface area (Å²) >= 11 is 0. The van der Waals surface area contributed by atoms with E-state index in [1.165, 1.54) is 0 Å². The Morgan fingerprint density at radius 2 is 2.00 bits per heavy atom. The quantitative estimate of drug-likeness (QED) is 0.791. The first kappa shape index (κ1) is 11.9. The molecule has 2 rings (SSSR count). The summed E-state index contributed by atoms with van der Waals surface area (Å²) in [5.41, 5.74) is 1.79. The maximum Gasteiger partial charge on any atom is 0.304 e. The predicted octanol–water partition coefficient (Wildman–Crippen LogP) is -0.0951. The Labute approximate surface area is 99.8 Å². The van der Waals surface area contributed by atoms with E-state index in [4.69, 9.17) is 0 Å². The maximum atomic E-state index is 11.5. The van der Waals surface area contributed by atoms with Crippen LogP contribution in [0.3, 0.4) is 0 Å². The number of hydrogen-bond donors (Lipinski definition) is 2. The van der Waals surface area contributed by atoms with Crippen molar-refractivity contribution in [1.82, 2.24) is 9.03 Å². The average molecular weight is 255 g/mol. The van der Waals surface area contributed by atoms with Crippen LogP contribution in [0.2, 0.25) is 0 Å². The van der Waals surface area contributed by atoms with Gasteiger partial charge in [-0.2, -0.15) is 12.7 Å². The summed E-state index contributed by atoms with van der Waals surface area (Å²) in [5, 5.41) is 2.97. The molecular weight excluding hydrogens is 242 g/mol. The van der Waals surface area contributed by atoms with E-state index in [-0.39, 0.29) is 13.1 Å². The Hall–Kier alpha value is -1.60. The summed E-state index contributed by atoms with van der Waals surface area (Å²) in [6.45, 7) is 0.0845. The molecule has 92 valence electrons. The van der Waals surface area contributed by atoms with Crippen molar-refractivity contribution in [3.05, 3.63) is 29.8 Å². The van der Waals surface area contributed by atoms with Gasteiger partial charge in [0, 0.05) is 19.3 Å². The molecule has 1 amide bonds. The minimum atomic E-state index is -3.63. The fourth-order valence-electron chi connectivity index (χ4n) is 1.61. The third kappa shape index (κ3) is 2.56. The molecule has 0 aromatic heterocycles. The van der Waals surface area contributed by atoms with Crippen LogP contribution in [0.4, 0.5) is 5.69 Å². The van der Waals surface area contributed by atoms with Crippen LogP contribution in [-0.2, 0) is 21.5 Å². The monoisotopic (exact) mass is 255 g/mol. The van der Waals surface area contributed by atoms with Crippen molar-refractivity contribution in [1.29, 1.82) is 0 Å². The van der Waals surface area contributed by atoms with Gasteiger partial charge in [0.25, 0.3) is 0 Å². The lowest BCUT2D eigenvalue weighted by Gasteiger charge is -2.12. The van der Waals surface area contributed by atoms with Gasteiger partial charge in [0.2, 0.25) is 5.91 Å². The Morgan fingerprint density at radius 3 is 2.47 bits per heavy atom. The first-order chi connectivity index (χ1) is 8.01. The van der Waals surface area contributed by atoms with Crippen LogP contribution in [0, 0.1) is 0 Å². The standard InChI is InChI=1S/C10H13N3O3S/c1-11-9-4-2-8(3-5-9)6-13-7-10(14)12-17(13,15)16/h2-5,11H,6-7H2,1H3,(H,12,14). The summed E-state index contributed by atoms with van der Waals surface area (Å²) in [6.07, 6.45) is 0. The highest BCUT2D eigenvalue weighted by molar-refractivity contribution is 7.88. The van der Waals surface area contributed by atoms with Gasteiger partial charge in [-0.05, 0) is 17.7 Å². The topological polar surface area (TPSA) is 78.5 Å². The minimum absolute atomic E-state index is 0.115. The van der Waals surface area contributed by atoms with Crippen LogP contribution >= 0.6 is 0 Å². The first-order valence-electron chi connectivity index (χ1n) is 5.09. The highest BCUT2D eigenvalue weighted by atomic mass is 32.2. The third-order valence-electron chi connectivity index (χ3n) is 2.50. The molecule has 0 atom stereocenters. The van der Waals surface area contributed by atoms with Gasteiger partial charge in [-0.25, -0.2) is 4.72 Å². The van der Waals surface area contributed by atoms with Crippen molar-refractivity contribution in [3.63, 3.8) is 0 Å². The van der Waals surface area contributed by atoms with E-state index < -0.39 is 16.1 Å². The van der Waals surface area contributed by atoms with Crippen LogP contribution in [0.15, 0.2) is 24.3 Å². The number of nitrogens with one attached hydrogen (secondary N) is 2. The fraction of sp³-hybridized carbons (Fsp3) is 0.300. The Kier molecular flexibility index (Phi) is 3.03. The number of hydrogen-bond acceptors (Lipinski definition) is 4. The molecule has 7 heteroatoms. The number of anilines is 1. The zero-order valence-corrected chi connectivity index (χ0v) is 10.1. The molecule has 0 unspecified atom stereocenters. The van der Waals surface area contributed by atoms with Crippen molar-refractivity contribution in [2.45, 2.75) is 6.54 Å². The van der Waals surface area contributed by atoms with Crippen molar-refractivity contribution in [3.8, 4) is 0 Å². The van der Waals surface area contributed by atoms with E-state index in [2.05, 4.69) is 5.32 Å². The lowest BCUT2D eigenvalue weighted by Crippen LogP contribution is -2.29. The molecule has 17 heavy (non-hydrogen) atoms. The summed E-state index contributed by atoms with van der Waals surface area (Å²) in [6, 6.07) is 7.36. The lowest BCUT2D eigenvalue weighted by molar-refractivity contribution is -0.118. The van der Waals surface area contributed by atoms with E-state index >= 15 is 0 Å². The number of benzene rings is 1. The molecule has 1 aliphatic rings. The van der Waals surface area contributed by atoms with E-state index in [0.717, 1.165) is 15.6 Å². The molecular formula is C10H13N3O3S. The van der Waals surface area contributed by atoms with Gasteiger partial charge in [0.1, 0.15) is 0 Å². The molecule has 6 nitrogen and oxygen atoms in total. The van der Waals surface area contributed by atoms with Crippen molar-refractivity contribution in [2.75, 3.05) is 18.9 Å². The van der Waals surface area contributed by atoms with Crippen LogP contribution in [0.25, 0.3) is 0 Å². The largest absolute Gasteiger partial charge is 0.388 e. The summed E-state index contributed by atoms with van der Waals surface area (Å²) in [4.78, 5) is 11.0. The van der Waals surface area contributed by atoms with Gasteiger partial charge in [0.05, 0.1) is 6.54 Å². The molecule has 0 saturated carbocycles. The van der Waals surface area contributed by atoms with E-state index in [0.29, 0.717) is 0 Å². The second-order valence-electron chi connectivity index (χ2n) is 3.75. The maximum absolute atomic E-state index is 11.5. The predicted molar refractivity (Wildman–Crippen MR) is 63.5 cm³/mol. The van der Waals surface area contributed by atoms with Gasteiger partial charge in [-0.15, -0.1) is 0 Å². The van der Waals surface area contributed by atoms with Crippen molar-refractivity contribution >= 4 is 21.8 Å². The highest BCUT2D eigenvalue weighted by Gasteiger charge is 2.33. The molecule has 0 bridgehead atoms. The molecule has 0 aliphatic carbocycles. The van der Waals surface area contributed by atoms with Gasteiger partial charge in [-0.1, -0.05) is 12.1 Å². The smallest absolute Gasteiger partial charge is 0.304 e. The van der Waals surface area contributed by atoms with Gasteiger partial charge < -0.3 is 5.32 Å². The molecule has 1 aromatic rings. The Bertz CT molecular complexity index is 524. The van der Waals surface area contributed by atoms with Gasteiger partial charge >= 0.3 is 10.2 Å². The molecule has 1 aromatic carbocycles. The van der Waals surface area contributed by atoms with Crippen molar-refractivity contribution in [2.24, 2.45) is 0 Å². The summed E-state index contributed by atoms with van der Waals surface area (Å²) in [5.74, 6) is -0.489. The fourth-order valence-corrected chi connectivity index (χ4v) is 2.69. The first-order valence-corrected chi connectivity index (χ1v) is 6.53. The normalized spacial score (nSPS) is 19.0. The van der Waals surface area contributed by atoms with Crippen molar-refractivity contribution < 1.29 is 13.2 Å². The molecule has 1 fully saturated rings. The molecule has 1 heterocycles. The third-order valence-corrected chi connectivity index (χ3v) is 3.93. The number of amides is 1. The zero-order valence-electron chi connectivity index (χ0n) is 9.30. The SMILES string of the molecule is CNc1ccc(CN2CC(=O)NS2(=O)=O)cc1. The van der Waals surface area contributed by atoms with E-state index in [1.54, 1.807) is 0 Å². The van der Waals surface area contributed by atoms with Crippen LogP contribution < -0.4 is 10.0 Å². The zero-order chi connectivity index (χ0) is 12.5. The molecule has 1 saturated heterocycles. The average Bonchev–Trinajstić information content (AvgIpc) is 2.53. The van der Waals surface area contributed by atoms with Gasteiger partial charge in [-0.3, -0.25) is 4.79 Å². The second kappa shape index (κ2) is 4.34. The van der Waals surface area contributed by atoms with Crippen LogP contribution in [-0.4, -0.2) is 32.2 Å². The lowest BCUT2D eigenvalue weighted by atomic mass is 10.2. The van der Waals surface area contributed by atoms with E-state index in [9.17, 15) is 13.2 Å². The summed E-state index contributed by atoms with van der Waals surface area (Å²) in [7, 11) is -1.82. The van der Waals surface area contributed by atoms with Crippen LogP contribution in [0.5, 0.6) is 0 Å². The molecule has 1 aliphatic heterocycles. The number of rotatable bonds is 3. The number of nitrogens with zero attached hydrogens (tertiary/aromatic N) is 1. The molecule has 2 N–H and O–H groups in total. The Morgan fingerprint density at radius 1 is 1.35 bits per heavy atom.